The van der Waals surface area contributed by atoms with Gasteiger partial charge >= 0.3 is 12.1 Å². The molecule has 0 aliphatic heterocycles. The van der Waals surface area contributed by atoms with Crippen molar-refractivity contribution in [1.82, 2.24) is 10.6 Å². The molecule has 0 aliphatic carbocycles. The number of amides is 1. The summed E-state index contributed by atoms with van der Waals surface area (Å²) in [5.41, 5.74) is -0.755. The fraction of sp³-hybridized carbons (Fsp3) is 0.364. The van der Waals surface area contributed by atoms with E-state index in [-0.39, 0.29) is 24.1 Å². The molecule has 0 fully saturated rings. The third-order valence-corrected chi connectivity index (χ3v) is 4.80. The van der Waals surface area contributed by atoms with Crippen molar-refractivity contribution in [1.29, 1.82) is 0 Å². The van der Waals surface area contributed by atoms with Gasteiger partial charge in [-0.2, -0.15) is 13.2 Å². The van der Waals surface area contributed by atoms with Crippen molar-refractivity contribution in [3.63, 3.8) is 0 Å². The Morgan fingerprint density at radius 2 is 1.70 bits per heavy atom. The highest BCUT2D eigenvalue weighted by atomic mass is 19.4. The van der Waals surface area contributed by atoms with Crippen molar-refractivity contribution in [2.75, 3.05) is 6.54 Å². The Hall–Kier alpha value is -3.05. The van der Waals surface area contributed by atoms with Gasteiger partial charge in [0.2, 0.25) is 5.91 Å². The van der Waals surface area contributed by atoms with Gasteiger partial charge in [0.15, 0.2) is 0 Å². The number of aliphatic hydroxyl groups excluding tert-OH is 1. The van der Waals surface area contributed by atoms with Crippen LogP contribution in [0.1, 0.15) is 36.1 Å². The number of rotatable bonds is 10. The topological polar surface area (TPSA) is 98.7 Å². The molecule has 0 aliphatic rings. The zero-order valence-electron chi connectivity index (χ0n) is 17.5. The number of alkyl halides is 3. The number of nitrogens with one attached hydrogen (secondary N) is 2. The molecule has 6 nitrogen and oxygen atoms in total. The normalized spacial score (nSPS) is 14.4. The molecule has 2 aromatic carbocycles. The average Bonchev–Trinajstić information content (AvgIpc) is 2.68. The van der Waals surface area contributed by atoms with Crippen molar-refractivity contribution in [2.45, 2.75) is 44.1 Å². The maximum atomic E-state index is 13.5. The van der Waals surface area contributed by atoms with Crippen molar-refractivity contribution < 1.29 is 41.8 Å². The second-order valence-corrected chi connectivity index (χ2v) is 7.54. The number of hydrogen-bond donors (Lipinski definition) is 4. The molecule has 1 unspecified atom stereocenters. The maximum absolute atomic E-state index is 13.5. The zero-order valence-corrected chi connectivity index (χ0v) is 17.5. The molecule has 0 radical (unpaired) electrons. The van der Waals surface area contributed by atoms with E-state index in [4.69, 9.17) is 5.11 Å². The molecular weight excluding hydrogens is 451 g/mol. The van der Waals surface area contributed by atoms with Crippen molar-refractivity contribution in [2.24, 2.45) is 0 Å². The van der Waals surface area contributed by atoms with Crippen LogP contribution in [0.5, 0.6) is 0 Å². The van der Waals surface area contributed by atoms with Gasteiger partial charge in [0.05, 0.1) is 24.1 Å². The molecule has 0 heterocycles. The molecule has 2 aromatic rings. The van der Waals surface area contributed by atoms with Gasteiger partial charge in [-0.15, -0.1) is 0 Å². The molecule has 0 aromatic heterocycles. The van der Waals surface area contributed by atoms with Crippen LogP contribution in [-0.4, -0.2) is 40.8 Å². The van der Waals surface area contributed by atoms with E-state index in [2.05, 4.69) is 10.6 Å². The SMILES string of the molecule is CC(=O)N[C@@H](Cc1cc(F)cc(F)c1)[C@H](O)CNC(CC(=O)O)c1cccc(C(F)(F)F)c1. The predicted octanol–water partition coefficient (Wildman–Crippen LogP) is 3.20. The molecule has 4 N–H and O–H groups in total. The van der Waals surface area contributed by atoms with E-state index in [1.165, 1.54) is 13.0 Å². The second kappa shape index (κ2) is 11.2. The summed E-state index contributed by atoms with van der Waals surface area (Å²) >= 11 is 0. The van der Waals surface area contributed by atoms with Crippen LogP contribution in [0.3, 0.4) is 0 Å². The summed E-state index contributed by atoms with van der Waals surface area (Å²) in [5, 5.41) is 24.9. The van der Waals surface area contributed by atoms with Gasteiger partial charge < -0.3 is 20.8 Å². The number of carboxylic acids is 1. The molecule has 0 saturated carbocycles. The van der Waals surface area contributed by atoms with Crippen LogP contribution in [0.25, 0.3) is 0 Å². The largest absolute Gasteiger partial charge is 0.481 e. The van der Waals surface area contributed by atoms with Crippen LogP contribution >= 0.6 is 0 Å². The maximum Gasteiger partial charge on any atom is 0.416 e. The average molecular weight is 474 g/mol. The lowest BCUT2D eigenvalue weighted by molar-refractivity contribution is -0.138. The van der Waals surface area contributed by atoms with Crippen LogP contribution in [0.4, 0.5) is 22.0 Å². The van der Waals surface area contributed by atoms with E-state index in [1.807, 2.05) is 0 Å². The van der Waals surface area contributed by atoms with E-state index < -0.39 is 59.9 Å². The number of aliphatic hydroxyl groups is 1. The molecule has 3 atom stereocenters. The number of carbonyl (C=O) groups is 2. The Kier molecular flexibility index (Phi) is 8.89. The first kappa shape index (κ1) is 26.2. The highest BCUT2D eigenvalue weighted by molar-refractivity contribution is 5.73. The minimum absolute atomic E-state index is 0.0442. The van der Waals surface area contributed by atoms with E-state index in [1.54, 1.807) is 0 Å². The summed E-state index contributed by atoms with van der Waals surface area (Å²) in [6, 6.07) is 4.77. The molecule has 33 heavy (non-hydrogen) atoms. The van der Waals surface area contributed by atoms with Crippen LogP contribution in [0.2, 0.25) is 0 Å². The van der Waals surface area contributed by atoms with E-state index in [0.717, 1.165) is 30.3 Å². The zero-order chi connectivity index (χ0) is 24.8. The summed E-state index contributed by atoms with van der Waals surface area (Å²) in [6.45, 7) is 0.853. The number of halogens is 5. The van der Waals surface area contributed by atoms with Gasteiger partial charge in [0.25, 0.3) is 0 Å². The first-order valence-electron chi connectivity index (χ1n) is 9.87. The quantitative estimate of drug-likeness (QED) is 0.397. The van der Waals surface area contributed by atoms with Crippen LogP contribution in [0, 0.1) is 11.6 Å². The Bertz CT molecular complexity index is 963. The predicted molar refractivity (Wildman–Crippen MR) is 108 cm³/mol. The lowest BCUT2D eigenvalue weighted by Gasteiger charge is -2.27. The fourth-order valence-electron chi connectivity index (χ4n) is 3.35. The summed E-state index contributed by atoms with van der Waals surface area (Å²) in [5.74, 6) is -3.50. The first-order valence-corrected chi connectivity index (χ1v) is 9.87. The Morgan fingerprint density at radius 1 is 1.06 bits per heavy atom. The molecule has 180 valence electrons. The van der Waals surface area contributed by atoms with Crippen molar-refractivity contribution in [3.8, 4) is 0 Å². The Morgan fingerprint density at radius 3 is 2.24 bits per heavy atom. The number of carbonyl (C=O) groups excluding carboxylic acids is 1. The van der Waals surface area contributed by atoms with Gasteiger partial charge in [-0.05, 0) is 41.8 Å². The number of hydrogen-bond acceptors (Lipinski definition) is 4. The number of carboxylic acid groups (broad SMARTS) is 1. The standard InChI is InChI=1S/C22H23F5N2O4/c1-12(30)29-19(7-13-5-16(23)9-17(24)6-13)20(31)11-28-18(10-21(32)33)14-3-2-4-15(8-14)22(25,26)27/h2-6,8-9,18-20,28,31H,7,10-11H2,1H3,(H,29,30)(H,32,33)/t18?,19-,20+/m0/s1. The molecule has 1 amide bonds. The fourth-order valence-corrected chi connectivity index (χ4v) is 3.35. The second-order valence-electron chi connectivity index (χ2n) is 7.54. The molecule has 11 heteroatoms. The molecule has 0 bridgehead atoms. The highest BCUT2D eigenvalue weighted by Gasteiger charge is 2.31. The van der Waals surface area contributed by atoms with Gasteiger partial charge in [-0.1, -0.05) is 12.1 Å². The minimum Gasteiger partial charge on any atom is -0.481 e. The summed E-state index contributed by atoms with van der Waals surface area (Å²) in [6.07, 6.45) is -6.71. The van der Waals surface area contributed by atoms with E-state index in [0.29, 0.717) is 6.07 Å². The van der Waals surface area contributed by atoms with Gasteiger partial charge in [0, 0.05) is 25.6 Å². The van der Waals surface area contributed by atoms with Gasteiger partial charge in [-0.25, -0.2) is 8.78 Å². The minimum atomic E-state index is -4.62. The third kappa shape index (κ3) is 8.43. The molecule has 2 rings (SSSR count). The van der Waals surface area contributed by atoms with E-state index >= 15 is 0 Å². The smallest absolute Gasteiger partial charge is 0.416 e. The first-order chi connectivity index (χ1) is 15.3. The van der Waals surface area contributed by atoms with Crippen molar-refractivity contribution in [3.05, 3.63) is 70.8 Å². The lowest BCUT2D eigenvalue weighted by Crippen LogP contribution is -2.48. The van der Waals surface area contributed by atoms with E-state index in [9.17, 15) is 36.6 Å². The number of aliphatic carboxylic acids is 1. The Labute approximate surface area is 186 Å². The van der Waals surface area contributed by atoms with Gasteiger partial charge in [0.1, 0.15) is 11.6 Å². The van der Waals surface area contributed by atoms with Crippen LogP contribution in [0.15, 0.2) is 42.5 Å². The van der Waals surface area contributed by atoms with Crippen LogP contribution in [-0.2, 0) is 22.2 Å². The number of benzene rings is 2. The Balaban J connectivity index is 2.19. The van der Waals surface area contributed by atoms with Crippen molar-refractivity contribution >= 4 is 11.9 Å². The molecule has 0 spiro atoms. The third-order valence-electron chi connectivity index (χ3n) is 4.80. The summed E-state index contributed by atoms with van der Waals surface area (Å²) in [7, 11) is 0. The highest BCUT2D eigenvalue weighted by Crippen LogP contribution is 2.31. The summed E-state index contributed by atoms with van der Waals surface area (Å²) < 4.78 is 66.1. The monoisotopic (exact) mass is 474 g/mol. The summed E-state index contributed by atoms with van der Waals surface area (Å²) in [4.78, 5) is 22.8. The van der Waals surface area contributed by atoms with Gasteiger partial charge in [-0.3, -0.25) is 9.59 Å². The lowest BCUT2D eigenvalue weighted by atomic mass is 9.98. The molecule has 0 saturated heterocycles. The van der Waals surface area contributed by atoms with Crippen LogP contribution < -0.4 is 10.6 Å². The molecular formula is C22H23F5N2O4.